The molecule has 0 fully saturated rings. The van der Waals surface area contributed by atoms with Crippen LogP contribution in [-0.4, -0.2) is 5.91 Å². The fourth-order valence-corrected chi connectivity index (χ4v) is 3.68. The first-order chi connectivity index (χ1) is 9.76. The van der Waals surface area contributed by atoms with E-state index in [4.69, 9.17) is 0 Å². The van der Waals surface area contributed by atoms with Gasteiger partial charge in [0.25, 0.3) is 0 Å². The number of carbonyl (C=O) groups is 1. The molecule has 3 nitrogen and oxygen atoms in total. The Hall–Kier alpha value is -1.78. The number of anilines is 1. The molecule has 1 aliphatic carbocycles. The minimum atomic E-state index is -0.0157. The second kappa shape index (κ2) is 7.12. The van der Waals surface area contributed by atoms with Gasteiger partial charge in [0.05, 0.1) is 5.56 Å². The van der Waals surface area contributed by atoms with Crippen LogP contribution in [0.1, 0.15) is 55.0 Å². The van der Waals surface area contributed by atoms with E-state index in [1.54, 1.807) is 18.3 Å². The van der Waals surface area contributed by atoms with Crippen LogP contribution in [0.3, 0.4) is 0 Å². The highest BCUT2D eigenvalue weighted by molar-refractivity contribution is 7.16. The average molecular weight is 286 g/mol. The van der Waals surface area contributed by atoms with Gasteiger partial charge in [0.2, 0.25) is 5.91 Å². The maximum Gasteiger partial charge on any atom is 0.225 e. The van der Waals surface area contributed by atoms with Crippen molar-refractivity contribution in [1.29, 1.82) is 5.26 Å². The normalized spacial score (nSPS) is 12.8. The molecule has 0 aliphatic heterocycles. The van der Waals surface area contributed by atoms with Crippen molar-refractivity contribution in [2.24, 2.45) is 0 Å². The van der Waals surface area contributed by atoms with E-state index in [0.29, 0.717) is 12.0 Å². The molecule has 4 heteroatoms. The lowest BCUT2D eigenvalue weighted by atomic mass is 9.96. The minimum Gasteiger partial charge on any atom is -0.317 e. The van der Waals surface area contributed by atoms with Gasteiger partial charge in [-0.15, -0.1) is 23.2 Å². The zero-order valence-corrected chi connectivity index (χ0v) is 12.5. The largest absolute Gasteiger partial charge is 0.317 e. The Morgan fingerprint density at radius 2 is 2.20 bits per heavy atom. The average Bonchev–Trinajstić information content (AvgIpc) is 2.80. The van der Waals surface area contributed by atoms with E-state index < -0.39 is 0 Å². The summed E-state index contributed by atoms with van der Waals surface area (Å²) in [6.07, 6.45) is 6.30. The Bertz CT molecular complexity index is 598. The fourth-order valence-electron chi connectivity index (χ4n) is 2.42. The molecule has 2 rings (SSSR count). The first-order valence-corrected chi connectivity index (χ1v) is 7.82. The summed E-state index contributed by atoms with van der Waals surface area (Å²) in [5.74, 6) is 5.75. The monoisotopic (exact) mass is 286 g/mol. The van der Waals surface area contributed by atoms with Crippen LogP contribution in [0.5, 0.6) is 0 Å². The maximum absolute atomic E-state index is 11.9. The summed E-state index contributed by atoms with van der Waals surface area (Å²) in [6.45, 7) is 1.80. The van der Waals surface area contributed by atoms with E-state index in [-0.39, 0.29) is 5.91 Å². The number of nitrogens with zero attached hydrogens (tertiary/aromatic N) is 1. The third-order valence-corrected chi connectivity index (χ3v) is 4.63. The molecule has 1 amide bonds. The van der Waals surface area contributed by atoms with Crippen LogP contribution in [0.4, 0.5) is 5.00 Å². The highest BCUT2D eigenvalue weighted by atomic mass is 32.1. The van der Waals surface area contributed by atoms with Gasteiger partial charge in [0, 0.05) is 17.7 Å². The van der Waals surface area contributed by atoms with E-state index in [9.17, 15) is 10.1 Å². The first kappa shape index (κ1) is 14.6. The lowest BCUT2D eigenvalue weighted by molar-refractivity contribution is -0.116. The summed E-state index contributed by atoms with van der Waals surface area (Å²) in [5.41, 5.74) is 1.85. The van der Waals surface area contributed by atoms with Crippen LogP contribution in [-0.2, 0) is 17.6 Å². The van der Waals surface area contributed by atoms with Crippen LogP contribution in [0.25, 0.3) is 0 Å². The first-order valence-electron chi connectivity index (χ1n) is 7.00. The molecule has 0 bridgehead atoms. The number of hydrogen-bond donors (Lipinski definition) is 1. The zero-order valence-electron chi connectivity index (χ0n) is 11.7. The summed E-state index contributed by atoms with van der Waals surface area (Å²) in [4.78, 5) is 13.2. The number of fused-ring (bicyclic) bond motifs is 1. The van der Waals surface area contributed by atoms with Crippen molar-refractivity contribution >= 4 is 22.2 Å². The zero-order chi connectivity index (χ0) is 14.4. The number of unbranched alkanes of at least 4 members (excludes halogenated alkanes) is 1. The number of carbonyl (C=O) groups excluding carboxylic acids is 1. The number of aryl methyl sites for hydroxylation is 1. The van der Waals surface area contributed by atoms with Crippen LogP contribution in [0, 0.1) is 23.2 Å². The molecule has 0 unspecified atom stereocenters. The summed E-state index contributed by atoms with van der Waals surface area (Å²) < 4.78 is 0. The van der Waals surface area contributed by atoms with Gasteiger partial charge < -0.3 is 5.32 Å². The van der Waals surface area contributed by atoms with Gasteiger partial charge in [-0.1, -0.05) is 0 Å². The Balaban J connectivity index is 2.02. The highest BCUT2D eigenvalue weighted by Crippen LogP contribution is 2.37. The highest BCUT2D eigenvalue weighted by Gasteiger charge is 2.21. The minimum absolute atomic E-state index is 0.0157. The van der Waals surface area contributed by atoms with Crippen LogP contribution < -0.4 is 5.32 Å². The van der Waals surface area contributed by atoms with Gasteiger partial charge in [-0.25, -0.2) is 0 Å². The molecule has 0 saturated heterocycles. The molecule has 0 saturated carbocycles. The van der Waals surface area contributed by atoms with Crippen molar-refractivity contribution < 1.29 is 4.79 Å². The lowest BCUT2D eigenvalue weighted by Gasteiger charge is -2.09. The quantitative estimate of drug-likeness (QED) is 0.678. The van der Waals surface area contributed by atoms with Gasteiger partial charge >= 0.3 is 0 Å². The Kier molecular flexibility index (Phi) is 5.21. The van der Waals surface area contributed by atoms with Crippen LogP contribution >= 0.6 is 11.3 Å². The molecule has 0 atom stereocenters. The van der Waals surface area contributed by atoms with Crippen molar-refractivity contribution in [2.45, 2.75) is 51.9 Å². The SMILES string of the molecule is CC#CCCCC(=O)Nc1sc2c(c1C#N)CCCC2. The lowest BCUT2D eigenvalue weighted by Crippen LogP contribution is -2.11. The summed E-state index contributed by atoms with van der Waals surface area (Å²) >= 11 is 1.58. The molecule has 0 aromatic carbocycles. The van der Waals surface area contributed by atoms with Gasteiger partial charge in [0.1, 0.15) is 11.1 Å². The van der Waals surface area contributed by atoms with Gasteiger partial charge in [-0.3, -0.25) is 4.79 Å². The molecule has 1 aromatic heterocycles. The molecular weight excluding hydrogens is 268 g/mol. The second-order valence-corrected chi connectivity index (χ2v) is 5.96. The Morgan fingerprint density at radius 1 is 1.40 bits per heavy atom. The van der Waals surface area contributed by atoms with Gasteiger partial charge in [-0.2, -0.15) is 5.26 Å². The van der Waals surface area contributed by atoms with Crippen molar-refractivity contribution in [3.63, 3.8) is 0 Å². The van der Waals surface area contributed by atoms with Crippen molar-refractivity contribution in [3.05, 3.63) is 16.0 Å². The second-order valence-electron chi connectivity index (χ2n) is 4.86. The number of rotatable bonds is 4. The van der Waals surface area contributed by atoms with Crippen LogP contribution in [0.2, 0.25) is 0 Å². The van der Waals surface area contributed by atoms with Crippen molar-refractivity contribution in [2.75, 3.05) is 5.32 Å². The standard InChI is InChI=1S/C16H18N2OS/c1-2-3-4-5-10-15(19)18-16-13(11-17)12-8-6-7-9-14(12)20-16/h4-10H2,1H3,(H,18,19). The predicted molar refractivity (Wildman–Crippen MR) is 81.6 cm³/mol. The topological polar surface area (TPSA) is 52.9 Å². The van der Waals surface area contributed by atoms with Gasteiger partial charge in [-0.05, 0) is 44.6 Å². The number of amides is 1. The summed E-state index contributed by atoms with van der Waals surface area (Å²) in [7, 11) is 0. The van der Waals surface area contributed by atoms with E-state index in [2.05, 4.69) is 23.2 Å². The molecule has 1 aromatic rings. The molecule has 104 valence electrons. The van der Waals surface area contributed by atoms with E-state index in [0.717, 1.165) is 42.7 Å². The fraction of sp³-hybridized carbons (Fsp3) is 0.500. The van der Waals surface area contributed by atoms with Crippen molar-refractivity contribution in [3.8, 4) is 17.9 Å². The number of nitrogens with one attached hydrogen (secondary N) is 1. The third kappa shape index (κ3) is 3.40. The number of thiophene rings is 1. The van der Waals surface area contributed by atoms with Gasteiger partial charge in [0.15, 0.2) is 0 Å². The Morgan fingerprint density at radius 3 is 2.95 bits per heavy atom. The smallest absolute Gasteiger partial charge is 0.225 e. The molecule has 0 spiro atoms. The Labute approximate surface area is 124 Å². The third-order valence-electron chi connectivity index (χ3n) is 3.42. The molecule has 20 heavy (non-hydrogen) atoms. The van der Waals surface area contributed by atoms with E-state index in [1.807, 2.05) is 0 Å². The number of hydrogen-bond acceptors (Lipinski definition) is 3. The molecule has 1 heterocycles. The van der Waals surface area contributed by atoms with Crippen LogP contribution in [0.15, 0.2) is 0 Å². The molecule has 0 radical (unpaired) electrons. The van der Waals surface area contributed by atoms with E-state index >= 15 is 0 Å². The van der Waals surface area contributed by atoms with Crippen molar-refractivity contribution in [1.82, 2.24) is 0 Å². The summed E-state index contributed by atoms with van der Waals surface area (Å²) in [5, 5.41) is 13.0. The predicted octanol–water partition coefficient (Wildman–Crippen LogP) is 3.63. The maximum atomic E-state index is 11.9. The summed E-state index contributed by atoms with van der Waals surface area (Å²) in [6, 6.07) is 2.26. The molecule has 1 N–H and O–H groups in total. The van der Waals surface area contributed by atoms with E-state index in [1.165, 1.54) is 11.3 Å². The number of nitriles is 1. The molecule has 1 aliphatic rings. The molecular formula is C16H18N2OS.